The van der Waals surface area contributed by atoms with Crippen molar-refractivity contribution in [3.8, 4) is 0 Å². The SMILES string of the molecule is CNCc1cccc(S(=O)(=O)NCc2ccc(C)cc2)c1. The summed E-state index contributed by atoms with van der Waals surface area (Å²) in [5, 5.41) is 3.01. The molecule has 0 aliphatic heterocycles. The van der Waals surface area contributed by atoms with Gasteiger partial charge in [-0.15, -0.1) is 0 Å². The van der Waals surface area contributed by atoms with Crippen LogP contribution in [0.5, 0.6) is 0 Å². The molecule has 2 aromatic carbocycles. The smallest absolute Gasteiger partial charge is 0.240 e. The van der Waals surface area contributed by atoms with Gasteiger partial charge < -0.3 is 5.32 Å². The lowest BCUT2D eigenvalue weighted by atomic mass is 10.2. The molecule has 0 aliphatic carbocycles. The Labute approximate surface area is 126 Å². The number of hydrogen-bond donors (Lipinski definition) is 2. The van der Waals surface area contributed by atoms with E-state index in [1.807, 2.05) is 44.3 Å². The molecule has 0 aromatic heterocycles. The summed E-state index contributed by atoms with van der Waals surface area (Å²) in [6.45, 7) is 2.93. The van der Waals surface area contributed by atoms with Crippen LogP contribution in [0.2, 0.25) is 0 Å². The van der Waals surface area contributed by atoms with Gasteiger partial charge in [-0.25, -0.2) is 13.1 Å². The van der Waals surface area contributed by atoms with Crippen LogP contribution in [0.1, 0.15) is 16.7 Å². The second-order valence-electron chi connectivity index (χ2n) is 4.99. The third-order valence-electron chi connectivity index (χ3n) is 3.18. The number of nitrogens with one attached hydrogen (secondary N) is 2. The Kier molecular flexibility index (Phi) is 5.12. The molecule has 0 aliphatic rings. The van der Waals surface area contributed by atoms with E-state index in [4.69, 9.17) is 0 Å². The molecular formula is C16H20N2O2S. The highest BCUT2D eigenvalue weighted by Gasteiger charge is 2.13. The van der Waals surface area contributed by atoms with E-state index in [0.717, 1.165) is 16.7 Å². The van der Waals surface area contributed by atoms with E-state index in [1.54, 1.807) is 18.2 Å². The van der Waals surface area contributed by atoms with Crippen molar-refractivity contribution >= 4 is 10.0 Å². The van der Waals surface area contributed by atoms with Crippen molar-refractivity contribution in [1.29, 1.82) is 0 Å². The Bertz CT molecular complexity index is 694. The Morgan fingerprint density at radius 2 is 1.67 bits per heavy atom. The van der Waals surface area contributed by atoms with Gasteiger partial charge in [0, 0.05) is 13.1 Å². The van der Waals surface area contributed by atoms with Crippen LogP contribution in [-0.4, -0.2) is 15.5 Å². The third-order valence-corrected chi connectivity index (χ3v) is 4.58. The molecule has 0 fully saturated rings. The van der Waals surface area contributed by atoms with Gasteiger partial charge >= 0.3 is 0 Å². The van der Waals surface area contributed by atoms with Crippen LogP contribution in [0, 0.1) is 6.92 Å². The van der Waals surface area contributed by atoms with Crippen LogP contribution in [0.15, 0.2) is 53.4 Å². The van der Waals surface area contributed by atoms with Crippen molar-refractivity contribution in [2.24, 2.45) is 0 Å². The fraction of sp³-hybridized carbons (Fsp3) is 0.250. The minimum Gasteiger partial charge on any atom is -0.316 e. The van der Waals surface area contributed by atoms with Crippen molar-refractivity contribution < 1.29 is 8.42 Å². The first-order valence-corrected chi connectivity index (χ1v) is 8.28. The Morgan fingerprint density at radius 1 is 0.952 bits per heavy atom. The summed E-state index contributed by atoms with van der Waals surface area (Å²) in [7, 11) is -1.66. The molecule has 0 atom stereocenters. The lowest BCUT2D eigenvalue weighted by molar-refractivity contribution is 0.581. The molecule has 0 heterocycles. The topological polar surface area (TPSA) is 58.2 Å². The first-order chi connectivity index (χ1) is 10.0. The lowest BCUT2D eigenvalue weighted by Gasteiger charge is -2.09. The number of aryl methyl sites for hydroxylation is 1. The number of benzene rings is 2. The van der Waals surface area contributed by atoms with E-state index in [1.165, 1.54) is 0 Å². The molecule has 0 spiro atoms. The second-order valence-corrected chi connectivity index (χ2v) is 6.75. The van der Waals surface area contributed by atoms with Gasteiger partial charge in [-0.3, -0.25) is 0 Å². The normalized spacial score (nSPS) is 11.5. The predicted octanol–water partition coefficient (Wildman–Crippen LogP) is 2.19. The highest BCUT2D eigenvalue weighted by Crippen LogP contribution is 2.12. The van der Waals surface area contributed by atoms with Gasteiger partial charge in [-0.05, 0) is 37.2 Å². The van der Waals surface area contributed by atoms with Crippen LogP contribution in [0.4, 0.5) is 0 Å². The summed E-state index contributed by atoms with van der Waals surface area (Å²) >= 11 is 0. The van der Waals surface area contributed by atoms with E-state index in [-0.39, 0.29) is 0 Å². The maximum atomic E-state index is 12.3. The molecule has 0 radical (unpaired) electrons. The van der Waals surface area contributed by atoms with Gasteiger partial charge in [0.2, 0.25) is 10.0 Å². The van der Waals surface area contributed by atoms with Crippen LogP contribution >= 0.6 is 0 Å². The van der Waals surface area contributed by atoms with Gasteiger partial charge in [0.1, 0.15) is 0 Å². The fourth-order valence-corrected chi connectivity index (χ4v) is 3.08. The lowest BCUT2D eigenvalue weighted by Crippen LogP contribution is -2.23. The molecule has 5 heteroatoms. The van der Waals surface area contributed by atoms with E-state index < -0.39 is 10.0 Å². The van der Waals surface area contributed by atoms with Crippen LogP contribution in [-0.2, 0) is 23.1 Å². The zero-order valence-corrected chi connectivity index (χ0v) is 13.1. The molecule has 2 aromatic rings. The van der Waals surface area contributed by atoms with Crippen molar-refractivity contribution in [1.82, 2.24) is 10.0 Å². The average Bonchev–Trinajstić information content (AvgIpc) is 2.47. The van der Waals surface area contributed by atoms with E-state index in [2.05, 4.69) is 10.0 Å². The Morgan fingerprint density at radius 3 is 2.33 bits per heavy atom. The maximum absolute atomic E-state index is 12.3. The van der Waals surface area contributed by atoms with E-state index in [0.29, 0.717) is 18.0 Å². The number of sulfonamides is 1. The molecule has 0 saturated heterocycles. The maximum Gasteiger partial charge on any atom is 0.240 e. The Hall–Kier alpha value is -1.69. The van der Waals surface area contributed by atoms with Gasteiger partial charge in [-0.1, -0.05) is 42.0 Å². The molecule has 4 nitrogen and oxygen atoms in total. The number of hydrogen-bond acceptors (Lipinski definition) is 3. The van der Waals surface area contributed by atoms with E-state index >= 15 is 0 Å². The van der Waals surface area contributed by atoms with Crippen LogP contribution in [0.25, 0.3) is 0 Å². The molecule has 0 unspecified atom stereocenters. The molecule has 2 rings (SSSR count). The van der Waals surface area contributed by atoms with Crippen LogP contribution < -0.4 is 10.0 Å². The summed E-state index contributed by atoms with van der Waals surface area (Å²) in [6.07, 6.45) is 0. The van der Waals surface area contributed by atoms with Crippen molar-refractivity contribution in [2.75, 3.05) is 7.05 Å². The zero-order chi connectivity index (χ0) is 15.3. The summed E-state index contributed by atoms with van der Waals surface area (Å²) < 4.78 is 27.2. The molecule has 21 heavy (non-hydrogen) atoms. The standard InChI is InChI=1S/C16H20N2O2S/c1-13-6-8-14(9-7-13)12-18-21(19,20)16-5-3-4-15(10-16)11-17-2/h3-10,17-18H,11-12H2,1-2H3. The van der Waals surface area contributed by atoms with E-state index in [9.17, 15) is 8.42 Å². The minimum atomic E-state index is -3.49. The quantitative estimate of drug-likeness (QED) is 0.860. The molecular weight excluding hydrogens is 284 g/mol. The van der Waals surface area contributed by atoms with Gasteiger partial charge in [0.25, 0.3) is 0 Å². The van der Waals surface area contributed by atoms with Crippen molar-refractivity contribution in [2.45, 2.75) is 24.9 Å². The largest absolute Gasteiger partial charge is 0.316 e. The van der Waals surface area contributed by atoms with Gasteiger partial charge in [-0.2, -0.15) is 0 Å². The highest BCUT2D eigenvalue weighted by atomic mass is 32.2. The molecule has 0 saturated carbocycles. The highest BCUT2D eigenvalue weighted by molar-refractivity contribution is 7.89. The predicted molar refractivity (Wildman–Crippen MR) is 84.4 cm³/mol. The molecule has 2 N–H and O–H groups in total. The van der Waals surface area contributed by atoms with Gasteiger partial charge in [0.15, 0.2) is 0 Å². The second kappa shape index (κ2) is 6.85. The minimum absolute atomic E-state index is 0.291. The zero-order valence-electron chi connectivity index (χ0n) is 12.3. The Balaban J connectivity index is 2.11. The average molecular weight is 304 g/mol. The molecule has 112 valence electrons. The molecule has 0 bridgehead atoms. The van der Waals surface area contributed by atoms with Crippen molar-refractivity contribution in [3.05, 3.63) is 65.2 Å². The van der Waals surface area contributed by atoms with Crippen molar-refractivity contribution in [3.63, 3.8) is 0 Å². The van der Waals surface area contributed by atoms with Crippen LogP contribution in [0.3, 0.4) is 0 Å². The molecule has 0 amide bonds. The monoisotopic (exact) mass is 304 g/mol. The summed E-state index contributed by atoms with van der Waals surface area (Å²) in [5.41, 5.74) is 3.03. The summed E-state index contributed by atoms with van der Waals surface area (Å²) in [4.78, 5) is 0.294. The third kappa shape index (κ3) is 4.39. The first-order valence-electron chi connectivity index (χ1n) is 6.80. The first kappa shape index (κ1) is 15.7. The summed E-state index contributed by atoms with van der Waals surface area (Å²) in [5.74, 6) is 0. The summed E-state index contributed by atoms with van der Waals surface area (Å²) in [6, 6.07) is 14.7. The fourth-order valence-electron chi connectivity index (χ4n) is 1.99. The number of rotatable bonds is 6. The van der Waals surface area contributed by atoms with Gasteiger partial charge in [0.05, 0.1) is 4.90 Å².